The van der Waals surface area contributed by atoms with E-state index in [2.05, 4.69) is 22.2 Å². The second-order valence-corrected chi connectivity index (χ2v) is 6.62. The number of hydrogen-bond acceptors (Lipinski definition) is 4. The molecule has 0 aromatic carbocycles. The monoisotopic (exact) mass is 301 g/mol. The lowest BCUT2D eigenvalue weighted by molar-refractivity contribution is 0.218. The van der Waals surface area contributed by atoms with Gasteiger partial charge in [0.1, 0.15) is 0 Å². The first-order chi connectivity index (χ1) is 8.84. The minimum atomic E-state index is 0. The van der Waals surface area contributed by atoms with Crippen LogP contribution in [0.5, 0.6) is 0 Å². The molecule has 1 aromatic heterocycles. The van der Waals surface area contributed by atoms with Crippen LogP contribution in [0.25, 0.3) is 0 Å². The average Bonchev–Trinajstić information content (AvgIpc) is 3.16. The molecule has 0 amide bonds. The van der Waals surface area contributed by atoms with E-state index in [1.807, 2.05) is 16.8 Å². The highest BCUT2D eigenvalue weighted by Crippen LogP contribution is 2.42. The van der Waals surface area contributed by atoms with Gasteiger partial charge in [-0.15, -0.1) is 23.7 Å². The summed E-state index contributed by atoms with van der Waals surface area (Å²) in [6, 6.07) is 0.745. The van der Waals surface area contributed by atoms with Gasteiger partial charge in [-0.05, 0) is 52.2 Å². The van der Waals surface area contributed by atoms with Crippen LogP contribution in [0.15, 0.2) is 5.51 Å². The lowest BCUT2D eigenvalue weighted by Gasteiger charge is -2.26. The fourth-order valence-corrected chi connectivity index (χ4v) is 3.80. The van der Waals surface area contributed by atoms with Gasteiger partial charge in [-0.2, -0.15) is 0 Å². The number of halogens is 1. The number of nitrogens with one attached hydrogen (secondary N) is 1. The summed E-state index contributed by atoms with van der Waals surface area (Å²) in [7, 11) is 2.28. The smallest absolute Gasteiger partial charge is 0.0798 e. The van der Waals surface area contributed by atoms with Crippen LogP contribution in [0, 0.1) is 0 Å². The van der Waals surface area contributed by atoms with E-state index < -0.39 is 0 Å². The van der Waals surface area contributed by atoms with Gasteiger partial charge in [-0.25, -0.2) is 4.98 Å². The first-order valence-corrected chi connectivity index (χ1v) is 8.06. The predicted octanol–water partition coefficient (Wildman–Crippen LogP) is 3.02. The first kappa shape index (κ1) is 15.2. The van der Waals surface area contributed by atoms with Gasteiger partial charge in [0, 0.05) is 23.4 Å². The SMILES string of the molecule is CN(Cc1scnc1C1CC1)C1CCCNCC1.Cl. The van der Waals surface area contributed by atoms with Crippen LogP contribution in [-0.4, -0.2) is 36.1 Å². The Labute approximate surface area is 126 Å². The Morgan fingerprint density at radius 1 is 1.32 bits per heavy atom. The van der Waals surface area contributed by atoms with Gasteiger partial charge >= 0.3 is 0 Å². The van der Waals surface area contributed by atoms with Crippen LogP contribution in [0.1, 0.15) is 48.6 Å². The van der Waals surface area contributed by atoms with E-state index in [0.717, 1.165) is 18.5 Å². The second kappa shape index (κ2) is 7.02. The van der Waals surface area contributed by atoms with Gasteiger partial charge < -0.3 is 5.32 Å². The third-order valence-electron chi connectivity index (χ3n) is 4.20. The van der Waals surface area contributed by atoms with E-state index in [1.165, 1.54) is 55.8 Å². The average molecular weight is 302 g/mol. The molecule has 1 N–H and O–H groups in total. The molecule has 1 unspecified atom stereocenters. The maximum atomic E-state index is 4.57. The fraction of sp³-hybridized carbons (Fsp3) is 0.786. The van der Waals surface area contributed by atoms with Crippen LogP contribution in [-0.2, 0) is 6.54 Å². The molecule has 1 saturated carbocycles. The van der Waals surface area contributed by atoms with Crippen LogP contribution in [0.3, 0.4) is 0 Å². The molecule has 1 aliphatic carbocycles. The standard InChI is InChI=1S/C14H23N3S.ClH/c1-17(12-3-2-7-15-8-6-12)9-13-14(11-4-5-11)16-10-18-13;/h10-12,15H,2-9H2,1H3;1H. The summed E-state index contributed by atoms with van der Waals surface area (Å²) < 4.78 is 0. The van der Waals surface area contributed by atoms with E-state index in [4.69, 9.17) is 0 Å². The summed E-state index contributed by atoms with van der Waals surface area (Å²) in [6.07, 6.45) is 6.64. The van der Waals surface area contributed by atoms with Gasteiger partial charge in [-0.1, -0.05) is 0 Å². The Balaban J connectivity index is 0.00000133. The van der Waals surface area contributed by atoms with E-state index >= 15 is 0 Å². The summed E-state index contributed by atoms with van der Waals surface area (Å²) in [5, 5.41) is 3.49. The largest absolute Gasteiger partial charge is 0.317 e. The molecule has 1 aromatic rings. The molecule has 1 saturated heterocycles. The van der Waals surface area contributed by atoms with Crippen LogP contribution >= 0.6 is 23.7 Å². The third kappa shape index (κ3) is 3.91. The van der Waals surface area contributed by atoms with Gasteiger partial charge in [-0.3, -0.25) is 4.90 Å². The van der Waals surface area contributed by atoms with Crippen molar-refractivity contribution >= 4 is 23.7 Å². The summed E-state index contributed by atoms with van der Waals surface area (Å²) in [4.78, 5) is 8.63. The Morgan fingerprint density at radius 2 is 2.16 bits per heavy atom. The van der Waals surface area contributed by atoms with Crippen LogP contribution < -0.4 is 5.32 Å². The maximum Gasteiger partial charge on any atom is 0.0798 e. The van der Waals surface area contributed by atoms with E-state index in [9.17, 15) is 0 Å². The van der Waals surface area contributed by atoms with Crippen molar-refractivity contribution in [2.45, 2.75) is 50.6 Å². The Kier molecular flexibility index (Phi) is 5.63. The van der Waals surface area contributed by atoms with Crippen molar-refractivity contribution in [2.24, 2.45) is 0 Å². The molecule has 3 rings (SSSR count). The van der Waals surface area contributed by atoms with Crippen molar-refractivity contribution in [3.8, 4) is 0 Å². The van der Waals surface area contributed by atoms with Crippen LogP contribution in [0.4, 0.5) is 0 Å². The molecule has 108 valence electrons. The highest BCUT2D eigenvalue weighted by atomic mass is 35.5. The molecule has 2 heterocycles. The minimum Gasteiger partial charge on any atom is -0.317 e. The molecular formula is C14H24ClN3S. The lowest BCUT2D eigenvalue weighted by Crippen LogP contribution is -2.32. The molecule has 2 fully saturated rings. The number of thiazole rings is 1. The van der Waals surface area contributed by atoms with Crippen molar-refractivity contribution in [1.82, 2.24) is 15.2 Å². The molecular weight excluding hydrogens is 278 g/mol. The number of hydrogen-bond donors (Lipinski definition) is 1. The van der Waals surface area contributed by atoms with Gasteiger partial charge in [0.15, 0.2) is 0 Å². The molecule has 2 aliphatic rings. The summed E-state index contributed by atoms with van der Waals surface area (Å²) in [5.41, 5.74) is 3.43. The molecule has 1 aliphatic heterocycles. The highest BCUT2D eigenvalue weighted by Gasteiger charge is 2.29. The summed E-state index contributed by atoms with van der Waals surface area (Å²) in [5.74, 6) is 0.787. The second-order valence-electron chi connectivity index (χ2n) is 5.68. The van der Waals surface area contributed by atoms with Crippen molar-refractivity contribution in [2.75, 3.05) is 20.1 Å². The van der Waals surface area contributed by atoms with Gasteiger partial charge in [0.05, 0.1) is 11.2 Å². The van der Waals surface area contributed by atoms with Crippen LogP contribution in [0.2, 0.25) is 0 Å². The molecule has 1 atom stereocenters. The zero-order valence-electron chi connectivity index (χ0n) is 11.6. The molecule has 19 heavy (non-hydrogen) atoms. The van der Waals surface area contributed by atoms with Crippen molar-refractivity contribution in [1.29, 1.82) is 0 Å². The molecule has 5 heteroatoms. The molecule has 0 bridgehead atoms. The van der Waals surface area contributed by atoms with Crippen molar-refractivity contribution < 1.29 is 0 Å². The molecule has 0 radical (unpaired) electrons. The minimum absolute atomic E-state index is 0. The zero-order valence-corrected chi connectivity index (χ0v) is 13.2. The Hall–Kier alpha value is -0.160. The number of nitrogens with zero attached hydrogens (tertiary/aromatic N) is 2. The zero-order chi connectivity index (χ0) is 12.4. The first-order valence-electron chi connectivity index (χ1n) is 7.18. The van der Waals surface area contributed by atoms with E-state index in [0.29, 0.717) is 0 Å². The summed E-state index contributed by atoms with van der Waals surface area (Å²) in [6.45, 7) is 3.46. The molecule has 0 spiro atoms. The Bertz CT molecular complexity index is 384. The Morgan fingerprint density at radius 3 is 2.95 bits per heavy atom. The van der Waals surface area contributed by atoms with Crippen molar-refractivity contribution in [3.05, 3.63) is 16.1 Å². The number of rotatable bonds is 4. The van der Waals surface area contributed by atoms with Gasteiger partial charge in [0.2, 0.25) is 0 Å². The predicted molar refractivity (Wildman–Crippen MR) is 83.3 cm³/mol. The normalized spacial score (nSPS) is 24.0. The third-order valence-corrected chi connectivity index (χ3v) is 5.03. The van der Waals surface area contributed by atoms with Crippen molar-refractivity contribution in [3.63, 3.8) is 0 Å². The summed E-state index contributed by atoms with van der Waals surface area (Å²) >= 11 is 1.85. The quantitative estimate of drug-likeness (QED) is 0.926. The fourth-order valence-electron chi connectivity index (χ4n) is 2.88. The molecule has 3 nitrogen and oxygen atoms in total. The van der Waals surface area contributed by atoms with Gasteiger partial charge in [0.25, 0.3) is 0 Å². The maximum absolute atomic E-state index is 4.57. The van der Waals surface area contributed by atoms with E-state index in [-0.39, 0.29) is 12.4 Å². The topological polar surface area (TPSA) is 28.2 Å². The number of aromatic nitrogens is 1. The highest BCUT2D eigenvalue weighted by molar-refractivity contribution is 7.09. The lowest BCUT2D eigenvalue weighted by atomic mass is 10.1. The van der Waals surface area contributed by atoms with E-state index in [1.54, 1.807) is 0 Å².